The minimum Gasteiger partial charge on any atom is -0.409 e. The summed E-state index contributed by atoms with van der Waals surface area (Å²) in [6.45, 7) is 3.02. The quantitative estimate of drug-likeness (QED) is 0.255. The first kappa shape index (κ1) is 11.0. The van der Waals surface area contributed by atoms with E-state index in [1.54, 1.807) is 0 Å². The molecule has 14 heavy (non-hydrogen) atoms. The van der Waals surface area contributed by atoms with Crippen molar-refractivity contribution in [1.82, 2.24) is 4.57 Å². The van der Waals surface area contributed by atoms with Crippen molar-refractivity contribution in [3.8, 4) is 0 Å². The first-order valence-electron chi connectivity index (χ1n) is 4.50. The predicted octanol–water partition coefficient (Wildman–Crippen LogP) is 1.34. The van der Waals surface area contributed by atoms with E-state index in [1.807, 2.05) is 34.7 Å². The van der Waals surface area contributed by atoms with Gasteiger partial charge < -0.3 is 15.5 Å². The number of aryl methyl sites for hydroxylation is 1. The van der Waals surface area contributed by atoms with Crippen LogP contribution in [0.3, 0.4) is 0 Å². The summed E-state index contributed by atoms with van der Waals surface area (Å²) in [4.78, 5) is 0. The van der Waals surface area contributed by atoms with Crippen LogP contribution >= 0.6 is 11.8 Å². The molecule has 0 amide bonds. The predicted molar refractivity (Wildman–Crippen MR) is 59.9 cm³/mol. The fraction of sp³-hybridized carbons (Fsp3) is 0.444. The SMILES string of the molecule is CCSCCn1cccc1/C(N)=N/O. The zero-order chi connectivity index (χ0) is 10.4. The van der Waals surface area contributed by atoms with E-state index in [-0.39, 0.29) is 5.84 Å². The van der Waals surface area contributed by atoms with E-state index in [0.717, 1.165) is 23.7 Å². The summed E-state index contributed by atoms with van der Waals surface area (Å²) in [5.41, 5.74) is 6.28. The number of nitrogens with two attached hydrogens (primary N) is 1. The van der Waals surface area contributed by atoms with Gasteiger partial charge in [0.2, 0.25) is 0 Å². The Morgan fingerprint density at radius 1 is 1.71 bits per heavy atom. The summed E-state index contributed by atoms with van der Waals surface area (Å²) in [6.07, 6.45) is 1.93. The molecule has 0 bridgehead atoms. The van der Waals surface area contributed by atoms with Gasteiger partial charge in [0.05, 0.1) is 5.69 Å². The van der Waals surface area contributed by atoms with E-state index in [1.165, 1.54) is 0 Å². The normalized spacial score (nSPS) is 11.9. The highest BCUT2D eigenvalue weighted by molar-refractivity contribution is 7.99. The molecule has 0 radical (unpaired) electrons. The van der Waals surface area contributed by atoms with E-state index in [0.29, 0.717) is 0 Å². The minimum atomic E-state index is 0.163. The molecule has 5 heteroatoms. The van der Waals surface area contributed by atoms with Crippen molar-refractivity contribution < 1.29 is 5.21 Å². The van der Waals surface area contributed by atoms with Crippen LogP contribution in [0.5, 0.6) is 0 Å². The van der Waals surface area contributed by atoms with Crippen molar-refractivity contribution in [2.24, 2.45) is 10.9 Å². The standard InChI is InChI=1S/C9H15N3OS/c1-2-14-7-6-12-5-3-4-8(12)9(10)11-13/h3-5,13H,2,6-7H2,1H3,(H2,10,11). The monoisotopic (exact) mass is 213 g/mol. The molecule has 1 rings (SSSR count). The van der Waals surface area contributed by atoms with Crippen LogP contribution in [0.2, 0.25) is 0 Å². The summed E-state index contributed by atoms with van der Waals surface area (Å²) in [6, 6.07) is 3.73. The number of amidine groups is 1. The van der Waals surface area contributed by atoms with Crippen LogP contribution in [0.4, 0.5) is 0 Å². The second-order valence-electron chi connectivity index (χ2n) is 2.77. The largest absolute Gasteiger partial charge is 0.409 e. The number of thioether (sulfide) groups is 1. The Hall–Kier alpha value is -1.10. The van der Waals surface area contributed by atoms with Crippen molar-refractivity contribution in [3.05, 3.63) is 24.0 Å². The molecule has 1 aromatic heterocycles. The average molecular weight is 213 g/mol. The Labute approximate surface area is 87.8 Å². The lowest BCUT2D eigenvalue weighted by Gasteiger charge is -2.06. The lowest BCUT2D eigenvalue weighted by atomic mass is 10.4. The maximum Gasteiger partial charge on any atom is 0.186 e. The van der Waals surface area contributed by atoms with Gasteiger partial charge in [-0.1, -0.05) is 12.1 Å². The topological polar surface area (TPSA) is 63.5 Å². The fourth-order valence-electron chi connectivity index (χ4n) is 1.20. The van der Waals surface area contributed by atoms with Crippen molar-refractivity contribution in [3.63, 3.8) is 0 Å². The Kier molecular flexibility index (Phi) is 4.39. The molecular weight excluding hydrogens is 198 g/mol. The van der Waals surface area contributed by atoms with Crippen LogP contribution < -0.4 is 5.73 Å². The average Bonchev–Trinajstić information content (AvgIpc) is 2.65. The molecule has 1 heterocycles. The van der Waals surface area contributed by atoms with Crippen LogP contribution in [-0.2, 0) is 6.54 Å². The van der Waals surface area contributed by atoms with Gasteiger partial charge in [0.1, 0.15) is 0 Å². The van der Waals surface area contributed by atoms with Gasteiger partial charge in [-0.2, -0.15) is 11.8 Å². The van der Waals surface area contributed by atoms with Gasteiger partial charge in [-0.3, -0.25) is 0 Å². The van der Waals surface area contributed by atoms with E-state index in [4.69, 9.17) is 10.9 Å². The van der Waals surface area contributed by atoms with Gasteiger partial charge >= 0.3 is 0 Å². The molecule has 0 aromatic carbocycles. The molecule has 0 fully saturated rings. The lowest BCUT2D eigenvalue weighted by Crippen LogP contribution is -2.18. The molecule has 0 atom stereocenters. The number of rotatable bonds is 5. The van der Waals surface area contributed by atoms with Crippen molar-refractivity contribution in [1.29, 1.82) is 0 Å². The third-order valence-corrected chi connectivity index (χ3v) is 2.76. The third-order valence-electron chi connectivity index (χ3n) is 1.88. The minimum absolute atomic E-state index is 0.163. The van der Waals surface area contributed by atoms with Gasteiger partial charge in [0.25, 0.3) is 0 Å². The van der Waals surface area contributed by atoms with Crippen LogP contribution in [0.1, 0.15) is 12.6 Å². The molecule has 0 saturated heterocycles. The molecule has 4 nitrogen and oxygen atoms in total. The van der Waals surface area contributed by atoms with Crippen molar-refractivity contribution in [2.45, 2.75) is 13.5 Å². The number of aromatic nitrogens is 1. The molecule has 0 unspecified atom stereocenters. The Bertz CT molecular complexity index is 309. The van der Waals surface area contributed by atoms with Gasteiger partial charge in [0.15, 0.2) is 5.84 Å². The molecule has 1 aromatic rings. The summed E-state index contributed by atoms with van der Waals surface area (Å²) in [5, 5.41) is 11.5. The summed E-state index contributed by atoms with van der Waals surface area (Å²) >= 11 is 1.87. The smallest absolute Gasteiger partial charge is 0.186 e. The second kappa shape index (κ2) is 5.59. The van der Waals surface area contributed by atoms with E-state index in [9.17, 15) is 0 Å². The number of hydrogen-bond donors (Lipinski definition) is 2. The highest BCUT2D eigenvalue weighted by atomic mass is 32.2. The lowest BCUT2D eigenvalue weighted by molar-refractivity contribution is 0.318. The van der Waals surface area contributed by atoms with Crippen LogP contribution in [0.15, 0.2) is 23.5 Å². The van der Waals surface area contributed by atoms with Gasteiger partial charge in [0, 0.05) is 18.5 Å². The maximum atomic E-state index is 8.55. The van der Waals surface area contributed by atoms with Gasteiger partial charge in [-0.25, -0.2) is 0 Å². The molecule has 0 aliphatic carbocycles. The van der Waals surface area contributed by atoms with Crippen molar-refractivity contribution >= 4 is 17.6 Å². The number of oxime groups is 1. The number of nitrogens with zero attached hydrogens (tertiary/aromatic N) is 2. The second-order valence-corrected chi connectivity index (χ2v) is 4.16. The molecule has 0 aliphatic heterocycles. The molecule has 3 N–H and O–H groups in total. The maximum absolute atomic E-state index is 8.55. The zero-order valence-corrected chi connectivity index (χ0v) is 9.00. The molecule has 0 spiro atoms. The van der Waals surface area contributed by atoms with E-state index >= 15 is 0 Å². The molecule has 78 valence electrons. The first-order chi connectivity index (χ1) is 6.79. The first-order valence-corrected chi connectivity index (χ1v) is 5.65. The van der Waals surface area contributed by atoms with Crippen LogP contribution in [0.25, 0.3) is 0 Å². The fourth-order valence-corrected chi connectivity index (χ4v) is 1.81. The van der Waals surface area contributed by atoms with Gasteiger partial charge in [-0.05, 0) is 17.9 Å². The zero-order valence-electron chi connectivity index (χ0n) is 8.18. The van der Waals surface area contributed by atoms with Crippen LogP contribution in [0, 0.1) is 0 Å². The highest BCUT2D eigenvalue weighted by Gasteiger charge is 2.04. The number of hydrogen-bond acceptors (Lipinski definition) is 3. The Balaban J connectivity index is 2.63. The molecule has 0 aliphatic rings. The van der Waals surface area contributed by atoms with Crippen molar-refractivity contribution in [2.75, 3.05) is 11.5 Å². The van der Waals surface area contributed by atoms with E-state index < -0.39 is 0 Å². The summed E-state index contributed by atoms with van der Waals surface area (Å²) in [7, 11) is 0. The molecular formula is C9H15N3OS. The van der Waals surface area contributed by atoms with E-state index in [2.05, 4.69) is 12.1 Å². The van der Waals surface area contributed by atoms with Gasteiger partial charge in [-0.15, -0.1) is 0 Å². The Morgan fingerprint density at radius 3 is 3.14 bits per heavy atom. The Morgan fingerprint density at radius 2 is 2.50 bits per heavy atom. The van der Waals surface area contributed by atoms with Crippen LogP contribution in [-0.4, -0.2) is 27.1 Å². The highest BCUT2D eigenvalue weighted by Crippen LogP contribution is 2.05. The third kappa shape index (κ3) is 2.70. The summed E-state index contributed by atoms with van der Waals surface area (Å²) in [5.74, 6) is 2.31. The summed E-state index contributed by atoms with van der Waals surface area (Å²) < 4.78 is 1.98. The molecule has 0 saturated carbocycles.